The van der Waals surface area contributed by atoms with Crippen LogP contribution in [0.1, 0.15) is 18.4 Å². The minimum Gasteiger partial charge on any atom is -0.379 e. The molecule has 5 rings (SSSR count). The van der Waals surface area contributed by atoms with Crippen molar-refractivity contribution in [1.29, 1.82) is 0 Å². The standard InChI is InChI=1S/C22H26BrN5O/c23-21-15-24-22-6-5-20(25-28(21)22)18-3-1-17(2-4-18)16-26-9-7-19(8-10-26)27-11-13-29-14-12-27/h1-6,15,19H,7-14,16H2. The molecule has 0 saturated carbocycles. The Balaban J connectivity index is 1.20. The van der Waals surface area contributed by atoms with E-state index >= 15 is 0 Å². The number of hydrogen-bond donors (Lipinski definition) is 0. The van der Waals surface area contributed by atoms with Crippen LogP contribution in [0.4, 0.5) is 0 Å². The fourth-order valence-corrected chi connectivity index (χ4v) is 4.79. The van der Waals surface area contributed by atoms with Gasteiger partial charge in [0.05, 0.1) is 25.1 Å². The van der Waals surface area contributed by atoms with E-state index in [1.165, 1.54) is 31.5 Å². The molecule has 4 heterocycles. The molecule has 1 aromatic carbocycles. The molecule has 0 aliphatic carbocycles. The number of imidazole rings is 1. The molecule has 29 heavy (non-hydrogen) atoms. The fourth-order valence-electron chi connectivity index (χ4n) is 4.42. The highest BCUT2D eigenvalue weighted by molar-refractivity contribution is 9.10. The van der Waals surface area contributed by atoms with E-state index in [4.69, 9.17) is 4.74 Å². The summed E-state index contributed by atoms with van der Waals surface area (Å²) in [5.74, 6) is 0. The molecule has 0 atom stereocenters. The monoisotopic (exact) mass is 455 g/mol. The van der Waals surface area contributed by atoms with Crippen molar-refractivity contribution >= 4 is 21.6 Å². The smallest absolute Gasteiger partial charge is 0.154 e. The van der Waals surface area contributed by atoms with Crippen LogP contribution in [0.25, 0.3) is 16.9 Å². The van der Waals surface area contributed by atoms with Crippen LogP contribution >= 0.6 is 15.9 Å². The van der Waals surface area contributed by atoms with Crippen LogP contribution in [0.2, 0.25) is 0 Å². The maximum Gasteiger partial charge on any atom is 0.154 e. The summed E-state index contributed by atoms with van der Waals surface area (Å²) in [6.45, 7) is 7.37. The van der Waals surface area contributed by atoms with Gasteiger partial charge in [0, 0.05) is 31.2 Å². The van der Waals surface area contributed by atoms with Crippen molar-refractivity contribution < 1.29 is 4.74 Å². The van der Waals surface area contributed by atoms with Crippen LogP contribution in [0.3, 0.4) is 0 Å². The number of rotatable bonds is 4. The number of piperidine rings is 1. The number of nitrogens with zero attached hydrogens (tertiary/aromatic N) is 5. The van der Waals surface area contributed by atoms with Crippen molar-refractivity contribution in [1.82, 2.24) is 24.4 Å². The van der Waals surface area contributed by atoms with Crippen molar-refractivity contribution in [3.63, 3.8) is 0 Å². The first-order valence-electron chi connectivity index (χ1n) is 10.4. The molecule has 152 valence electrons. The molecule has 2 aliphatic rings. The zero-order chi connectivity index (χ0) is 19.6. The summed E-state index contributed by atoms with van der Waals surface area (Å²) in [5, 5.41) is 4.69. The topological polar surface area (TPSA) is 45.9 Å². The van der Waals surface area contributed by atoms with Gasteiger partial charge in [-0.3, -0.25) is 9.80 Å². The molecule has 3 aromatic rings. The first kappa shape index (κ1) is 19.2. The van der Waals surface area contributed by atoms with Crippen LogP contribution in [0, 0.1) is 0 Å². The lowest BCUT2D eigenvalue weighted by atomic mass is 10.0. The molecule has 2 aliphatic heterocycles. The third kappa shape index (κ3) is 4.23. The lowest BCUT2D eigenvalue weighted by Crippen LogP contribution is -2.48. The lowest BCUT2D eigenvalue weighted by Gasteiger charge is -2.40. The highest BCUT2D eigenvalue weighted by Gasteiger charge is 2.25. The lowest BCUT2D eigenvalue weighted by molar-refractivity contribution is 0.000231. The second-order valence-electron chi connectivity index (χ2n) is 7.92. The number of fused-ring (bicyclic) bond motifs is 1. The number of benzene rings is 1. The van der Waals surface area contributed by atoms with Gasteiger partial charge in [-0.1, -0.05) is 24.3 Å². The van der Waals surface area contributed by atoms with Crippen molar-refractivity contribution in [3.05, 3.63) is 52.8 Å². The molecule has 2 fully saturated rings. The van der Waals surface area contributed by atoms with E-state index in [-0.39, 0.29) is 0 Å². The third-order valence-corrected chi connectivity index (χ3v) is 6.64. The number of likely N-dealkylation sites (tertiary alicyclic amines) is 1. The van der Waals surface area contributed by atoms with E-state index in [9.17, 15) is 0 Å². The van der Waals surface area contributed by atoms with Gasteiger partial charge in [0.1, 0.15) is 4.60 Å². The van der Waals surface area contributed by atoms with Crippen LogP contribution in [-0.4, -0.2) is 69.8 Å². The van der Waals surface area contributed by atoms with E-state index in [0.717, 1.165) is 60.4 Å². The van der Waals surface area contributed by atoms with Crippen LogP contribution in [0.5, 0.6) is 0 Å². The van der Waals surface area contributed by atoms with Gasteiger partial charge in [-0.15, -0.1) is 0 Å². The Morgan fingerprint density at radius 2 is 1.72 bits per heavy atom. The van der Waals surface area contributed by atoms with Gasteiger partial charge < -0.3 is 4.74 Å². The molecule has 2 saturated heterocycles. The zero-order valence-corrected chi connectivity index (χ0v) is 18.1. The minimum atomic E-state index is 0.737. The maximum absolute atomic E-state index is 5.49. The molecular weight excluding hydrogens is 430 g/mol. The number of aromatic nitrogens is 3. The minimum absolute atomic E-state index is 0.737. The second kappa shape index (κ2) is 8.52. The molecular formula is C22H26BrN5O. The summed E-state index contributed by atoms with van der Waals surface area (Å²) in [4.78, 5) is 9.51. The molecule has 0 N–H and O–H groups in total. The number of morpholine rings is 1. The van der Waals surface area contributed by atoms with Crippen molar-refractivity contribution in [2.45, 2.75) is 25.4 Å². The second-order valence-corrected chi connectivity index (χ2v) is 8.73. The number of ether oxygens (including phenoxy) is 1. The van der Waals surface area contributed by atoms with Crippen LogP contribution < -0.4 is 0 Å². The molecule has 0 amide bonds. The summed E-state index contributed by atoms with van der Waals surface area (Å²) < 4.78 is 8.18. The highest BCUT2D eigenvalue weighted by atomic mass is 79.9. The van der Waals surface area contributed by atoms with Gasteiger partial charge in [-0.2, -0.15) is 5.10 Å². The summed E-state index contributed by atoms with van der Waals surface area (Å²) in [6, 6.07) is 13.6. The Bertz CT molecular complexity index is 959. The Hall–Kier alpha value is -1.80. The molecule has 0 spiro atoms. The molecule has 0 unspecified atom stereocenters. The largest absolute Gasteiger partial charge is 0.379 e. The Morgan fingerprint density at radius 1 is 0.966 bits per heavy atom. The van der Waals surface area contributed by atoms with E-state index in [1.807, 2.05) is 16.6 Å². The predicted molar refractivity (Wildman–Crippen MR) is 117 cm³/mol. The average molecular weight is 456 g/mol. The van der Waals surface area contributed by atoms with E-state index < -0.39 is 0 Å². The normalized spacial score (nSPS) is 19.8. The summed E-state index contributed by atoms with van der Waals surface area (Å²) in [5.41, 5.74) is 4.29. The number of hydrogen-bond acceptors (Lipinski definition) is 5. The molecule has 7 heteroatoms. The first-order chi connectivity index (χ1) is 14.3. The number of halogens is 1. The van der Waals surface area contributed by atoms with Gasteiger partial charge in [0.25, 0.3) is 0 Å². The van der Waals surface area contributed by atoms with Gasteiger partial charge in [-0.25, -0.2) is 9.50 Å². The van der Waals surface area contributed by atoms with Gasteiger partial charge >= 0.3 is 0 Å². The first-order valence-corrected chi connectivity index (χ1v) is 11.2. The molecule has 6 nitrogen and oxygen atoms in total. The van der Waals surface area contributed by atoms with Crippen molar-refractivity contribution in [3.8, 4) is 11.3 Å². The van der Waals surface area contributed by atoms with Crippen LogP contribution in [-0.2, 0) is 11.3 Å². The molecule has 0 radical (unpaired) electrons. The Labute approximate surface area is 179 Å². The van der Waals surface area contributed by atoms with Gasteiger partial charge in [0.15, 0.2) is 5.65 Å². The fraction of sp³-hybridized carbons (Fsp3) is 0.455. The van der Waals surface area contributed by atoms with E-state index in [1.54, 1.807) is 6.20 Å². The highest BCUT2D eigenvalue weighted by Crippen LogP contribution is 2.22. The quantitative estimate of drug-likeness (QED) is 0.602. The summed E-state index contributed by atoms with van der Waals surface area (Å²) in [7, 11) is 0. The van der Waals surface area contributed by atoms with Gasteiger partial charge in [-0.05, 0) is 59.6 Å². The molecule has 2 aromatic heterocycles. The Kier molecular flexibility index (Phi) is 5.63. The maximum atomic E-state index is 5.49. The SMILES string of the molecule is Brc1cnc2ccc(-c3ccc(CN4CCC(N5CCOCC5)CC4)cc3)nn12. The van der Waals surface area contributed by atoms with Crippen molar-refractivity contribution in [2.24, 2.45) is 0 Å². The summed E-state index contributed by atoms with van der Waals surface area (Å²) in [6.07, 6.45) is 4.31. The summed E-state index contributed by atoms with van der Waals surface area (Å²) >= 11 is 3.49. The third-order valence-electron chi connectivity index (χ3n) is 6.10. The average Bonchev–Trinajstić information content (AvgIpc) is 3.16. The van der Waals surface area contributed by atoms with Gasteiger partial charge in [0.2, 0.25) is 0 Å². The molecule has 0 bridgehead atoms. The van der Waals surface area contributed by atoms with Crippen molar-refractivity contribution in [2.75, 3.05) is 39.4 Å². The van der Waals surface area contributed by atoms with Crippen LogP contribution in [0.15, 0.2) is 47.2 Å². The Morgan fingerprint density at radius 3 is 2.48 bits per heavy atom. The van der Waals surface area contributed by atoms with E-state index in [0.29, 0.717) is 0 Å². The van der Waals surface area contributed by atoms with E-state index in [2.05, 4.69) is 60.1 Å². The predicted octanol–water partition coefficient (Wildman–Crippen LogP) is 3.46. The zero-order valence-electron chi connectivity index (χ0n) is 16.5.